The summed E-state index contributed by atoms with van der Waals surface area (Å²) in [6.45, 7) is 0.106. The number of benzene rings is 1. The van der Waals surface area contributed by atoms with Crippen molar-refractivity contribution < 1.29 is 12.8 Å². The zero-order valence-electron chi connectivity index (χ0n) is 11.2. The Kier molecular flexibility index (Phi) is 4.35. The highest BCUT2D eigenvalue weighted by molar-refractivity contribution is 7.89. The fourth-order valence-corrected chi connectivity index (χ4v) is 3.05. The van der Waals surface area contributed by atoms with Crippen molar-refractivity contribution in [1.29, 1.82) is 5.26 Å². The molecule has 0 atom stereocenters. The Morgan fingerprint density at radius 3 is 2.86 bits per heavy atom. The molecule has 2 aromatic rings. The Hall–Kier alpha value is -2.24. The molecule has 8 heteroatoms. The van der Waals surface area contributed by atoms with Gasteiger partial charge in [0.05, 0.1) is 0 Å². The molecule has 0 saturated carbocycles. The van der Waals surface area contributed by atoms with E-state index in [1.807, 2.05) is 0 Å². The van der Waals surface area contributed by atoms with Gasteiger partial charge in [0.15, 0.2) is 0 Å². The topological polar surface area (TPSA) is 87.8 Å². The predicted molar refractivity (Wildman–Crippen MR) is 73.2 cm³/mol. The lowest BCUT2D eigenvalue weighted by Crippen LogP contribution is -2.27. The summed E-state index contributed by atoms with van der Waals surface area (Å²) in [5.41, 5.74) is -0.484. The average molecular weight is 308 g/mol. The molecule has 1 N–H and O–H groups in total. The molecule has 0 fully saturated rings. The predicted octanol–water partition coefficient (Wildman–Crippen LogP) is 0.952. The molecule has 110 valence electrons. The zero-order valence-corrected chi connectivity index (χ0v) is 12.1. The van der Waals surface area contributed by atoms with Crippen molar-refractivity contribution in [3.63, 3.8) is 0 Å². The van der Waals surface area contributed by atoms with Crippen LogP contribution in [0.3, 0.4) is 0 Å². The van der Waals surface area contributed by atoms with E-state index < -0.39 is 21.4 Å². The largest absolute Gasteiger partial charge is 0.338 e. The monoisotopic (exact) mass is 308 g/mol. The fourth-order valence-electron chi connectivity index (χ4n) is 1.85. The number of hydrogen-bond acceptors (Lipinski definition) is 4. The van der Waals surface area contributed by atoms with Crippen LogP contribution in [0.2, 0.25) is 0 Å². The van der Waals surface area contributed by atoms with Gasteiger partial charge in [-0.15, -0.1) is 0 Å². The number of nitrogens with zero attached hydrogens (tertiary/aromatic N) is 3. The molecular weight excluding hydrogens is 295 g/mol. The summed E-state index contributed by atoms with van der Waals surface area (Å²) in [5.74, 6) is -0.137. The fraction of sp³-hybridized carbons (Fsp3) is 0.231. The molecule has 0 aliphatic heterocycles. The van der Waals surface area contributed by atoms with Gasteiger partial charge in [-0.05, 0) is 12.1 Å². The van der Waals surface area contributed by atoms with Gasteiger partial charge in [0.25, 0.3) is 0 Å². The molecule has 6 nitrogen and oxygen atoms in total. The van der Waals surface area contributed by atoms with Gasteiger partial charge in [-0.3, -0.25) is 0 Å². The standard InChI is InChI=1S/C13H13FN4O2S/c1-18-8-7-16-13(18)5-6-17-21(19,20)12-4-2-3-11(14)10(12)9-15/h2-4,7-8,17H,5-6H2,1H3. The lowest BCUT2D eigenvalue weighted by molar-refractivity contribution is 0.575. The van der Waals surface area contributed by atoms with Crippen molar-refractivity contribution in [1.82, 2.24) is 14.3 Å². The Bertz CT molecular complexity index is 793. The van der Waals surface area contributed by atoms with Crippen LogP contribution in [0.25, 0.3) is 0 Å². The number of nitrogens with one attached hydrogen (secondary N) is 1. The van der Waals surface area contributed by atoms with Crippen molar-refractivity contribution in [3.05, 3.63) is 47.8 Å². The first-order chi connectivity index (χ1) is 9.95. The number of aryl methyl sites for hydroxylation is 1. The maximum absolute atomic E-state index is 13.5. The Balaban J connectivity index is 2.15. The molecule has 2 rings (SSSR count). The minimum atomic E-state index is -3.94. The molecule has 0 radical (unpaired) electrons. The maximum atomic E-state index is 13.5. The minimum Gasteiger partial charge on any atom is -0.338 e. The van der Waals surface area contributed by atoms with Crippen LogP contribution in [-0.4, -0.2) is 24.5 Å². The number of rotatable bonds is 5. The molecule has 0 unspecified atom stereocenters. The number of aromatic nitrogens is 2. The molecule has 0 aliphatic carbocycles. The third-order valence-corrected chi connectivity index (χ3v) is 4.44. The van der Waals surface area contributed by atoms with Crippen molar-refractivity contribution in [2.24, 2.45) is 7.05 Å². The zero-order chi connectivity index (χ0) is 15.5. The number of imidazole rings is 1. The summed E-state index contributed by atoms with van der Waals surface area (Å²) < 4.78 is 41.8. The third-order valence-electron chi connectivity index (χ3n) is 2.94. The quantitative estimate of drug-likeness (QED) is 0.891. The van der Waals surface area contributed by atoms with E-state index in [1.165, 1.54) is 12.1 Å². The number of sulfonamides is 1. The Morgan fingerprint density at radius 1 is 1.48 bits per heavy atom. The number of nitriles is 1. The second-order valence-corrected chi connectivity index (χ2v) is 6.06. The van der Waals surface area contributed by atoms with Crippen LogP contribution in [0.5, 0.6) is 0 Å². The van der Waals surface area contributed by atoms with Gasteiger partial charge in [0.1, 0.15) is 28.2 Å². The minimum absolute atomic E-state index is 0.106. The highest BCUT2D eigenvalue weighted by Gasteiger charge is 2.20. The van der Waals surface area contributed by atoms with E-state index in [0.717, 1.165) is 11.9 Å². The molecular formula is C13H13FN4O2S. The van der Waals surface area contributed by atoms with Gasteiger partial charge in [0, 0.05) is 32.4 Å². The van der Waals surface area contributed by atoms with E-state index >= 15 is 0 Å². The smallest absolute Gasteiger partial charge is 0.242 e. The molecule has 1 aromatic carbocycles. The van der Waals surface area contributed by atoms with Crippen LogP contribution in [0.15, 0.2) is 35.5 Å². The third kappa shape index (κ3) is 3.26. The van der Waals surface area contributed by atoms with Gasteiger partial charge in [-0.2, -0.15) is 5.26 Å². The van der Waals surface area contributed by atoms with Crippen molar-refractivity contribution in [3.8, 4) is 6.07 Å². The summed E-state index contributed by atoms with van der Waals surface area (Å²) in [6, 6.07) is 5.07. The van der Waals surface area contributed by atoms with Crippen LogP contribution in [0.4, 0.5) is 4.39 Å². The van der Waals surface area contributed by atoms with Gasteiger partial charge in [0.2, 0.25) is 10.0 Å². The summed E-state index contributed by atoms with van der Waals surface area (Å²) in [7, 11) is -2.14. The summed E-state index contributed by atoms with van der Waals surface area (Å²) >= 11 is 0. The molecule has 0 amide bonds. The van der Waals surface area contributed by atoms with Crippen LogP contribution in [0.1, 0.15) is 11.4 Å². The highest BCUT2D eigenvalue weighted by atomic mass is 32.2. The molecule has 21 heavy (non-hydrogen) atoms. The van der Waals surface area contributed by atoms with E-state index in [0.29, 0.717) is 6.42 Å². The first kappa shape index (κ1) is 15.2. The number of hydrogen-bond donors (Lipinski definition) is 1. The van der Waals surface area contributed by atoms with E-state index in [4.69, 9.17) is 5.26 Å². The second-order valence-electron chi connectivity index (χ2n) is 4.33. The molecule has 0 bridgehead atoms. The molecule has 0 spiro atoms. The highest BCUT2D eigenvalue weighted by Crippen LogP contribution is 2.17. The SMILES string of the molecule is Cn1ccnc1CCNS(=O)(=O)c1cccc(F)c1C#N. The van der Waals surface area contributed by atoms with Crippen LogP contribution >= 0.6 is 0 Å². The maximum Gasteiger partial charge on any atom is 0.242 e. The van der Waals surface area contributed by atoms with Crippen LogP contribution in [0, 0.1) is 17.1 Å². The molecule has 0 saturated heterocycles. The van der Waals surface area contributed by atoms with Gasteiger partial charge in [-0.25, -0.2) is 22.5 Å². The summed E-state index contributed by atoms with van der Waals surface area (Å²) in [4.78, 5) is 3.72. The number of halogens is 1. The van der Waals surface area contributed by atoms with Gasteiger partial charge in [-0.1, -0.05) is 6.07 Å². The Labute approximate surface area is 121 Å². The van der Waals surface area contributed by atoms with E-state index in [2.05, 4.69) is 9.71 Å². The molecule has 1 heterocycles. The van der Waals surface area contributed by atoms with Crippen LogP contribution in [-0.2, 0) is 23.5 Å². The summed E-state index contributed by atoms with van der Waals surface area (Å²) in [6.07, 6.45) is 3.76. The molecule has 1 aromatic heterocycles. The lowest BCUT2D eigenvalue weighted by atomic mass is 10.2. The molecule has 0 aliphatic rings. The van der Waals surface area contributed by atoms with Crippen molar-refractivity contribution in [2.45, 2.75) is 11.3 Å². The van der Waals surface area contributed by atoms with Gasteiger partial charge < -0.3 is 4.57 Å². The first-order valence-corrected chi connectivity index (χ1v) is 7.58. The van der Waals surface area contributed by atoms with E-state index in [1.54, 1.807) is 30.1 Å². The summed E-state index contributed by atoms with van der Waals surface area (Å²) in [5, 5.41) is 8.88. The average Bonchev–Trinajstić information content (AvgIpc) is 2.84. The lowest BCUT2D eigenvalue weighted by Gasteiger charge is -2.08. The van der Waals surface area contributed by atoms with Crippen molar-refractivity contribution in [2.75, 3.05) is 6.54 Å². The van der Waals surface area contributed by atoms with Gasteiger partial charge >= 0.3 is 0 Å². The Morgan fingerprint density at radius 2 is 2.24 bits per heavy atom. The van der Waals surface area contributed by atoms with Crippen LogP contribution < -0.4 is 4.72 Å². The first-order valence-electron chi connectivity index (χ1n) is 6.10. The second kappa shape index (κ2) is 6.03. The van der Waals surface area contributed by atoms with E-state index in [9.17, 15) is 12.8 Å². The normalized spacial score (nSPS) is 11.3. The van der Waals surface area contributed by atoms with E-state index in [-0.39, 0.29) is 11.4 Å². The van der Waals surface area contributed by atoms with Crippen molar-refractivity contribution >= 4 is 10.0 Å².